The third-order valence-electron chi connectivity index (χ3n) is 8.48. The SMILES string of the molecule is COc1nc(N(C)C2CCN(C(=O)/C=C/c3nc(C4(C)COC4)no3)C2)c2cnc(-c3cccc4cccc(Cl)c34)c(F)c2n1. The number of nitrogens with zero attached hydrogens (tertiary/aromatic N) is 7. The van der Waals surface area contributed by atoms with Crippen LogP contribution < -0.4 is 9.64 Å². The van der Waals surface area contributed by atoms with Crippen molar-refractivity contribution in [1.82, 2.24) is 30.0 Å². The number of methoxy groups -OCH3 is 1. The molecule has 13 heteroatoms. The highest BCUT2D eigenvalue weighted by molar-refractivity contribution is 6.36. The van der Waals surface area contributed by atoms with Gasteiger partial charge in [0.2, 0.25) is 5.91 Å². The second kappa shape index (κ2) is 11.4. The molecule has 1 amide bonds. The minimum atomic E-state index is -0.605. The Labute approximate surface area is 262 Å². The van der Waals surface area contributed by atoms with E-state index in [0.717, 1.165) is 5.39 Å². The fourth-order valence-corrected chi connectivity index (χ4v) is 6.11. The Morgan fingerprint density at radius 3 is 2.76 bits per heavy atom. The number of likely N-dealkylation sites (N-methyl/N-ethyl adjacent to an activating group) is 1. The van der Waals surface area contributed by atoms with Gasteiger partial charge in [0.25, 0.3) is 5.89 Å². The van der Waals surface area contributed by atoms with Gasteiger partial charge in [0.05, 0.1) is 31.1 Å². The van der Waals surface area contributed by atoms with E-state index in [-0.39, 0.29) is 40.5 Å². The first-order valence-electron chi connectivity index (χ1n) is 14.5. The maximum atomic E-state index is 16.3. The van der Waals surface area contributed by atoms with E-state index in [1.807, 2.05) is 43.1 Å². The number of pyridine rings is 1. The molecule has 2 aliphatic heterocycles. The zero-order valence-electron chi connectivity index (χ0n) is 24.8. The molecule has 5 aromatic rings. The van der Waals surface area contributed by atoms with Gasteiger partial charge >= 0.3 is 6.01 Å². The molecule has 11 nitrogen and oxygen atoms in total. The lowest BCUT2D eigenvalue weighted by molar-refractivity contribution is -0.124. The molecule has 0 radical (unpaired) electrons. The Hall–Kier alpha value is -4.68. The Balaban J connectivity index is 1.14. The molecular weight excluding hydrogens is 601 g/mol. The van der Waals surface area contributed by atoms with Crippen LogP contribution in [-0.4, -0.2) is 82.4 Å². The van der Waals surface area contributed by atoms with Crippen LogP contribution in [0.3, 0.4) is 0 Å². The van der Waals surface area contributed by atoms with E-state index in [2.05, 4.69) is 25.1 Å². The number of ether oxygens (including phenoxy) is 2. The number of rotatable bonds is 7. The number of carbonyl (C=O) groups is 1. The summed E-state index contributed by atoms with van der Waals surface area (Å²) in [5, 5.41) is 6.53. The Morgan fingerprint density at radius 1 is 1.20 bits per heavy atom. The molecule has 0 saturated carbocycles. The van der Waals surface area contributed by atoms with Crippen molar-refractivity contribution in [1.29, 1.82) is 0 Å². The van der Waals surface area contributed by atoms with Gasteiger partial charge in [0, 0.05) is 60.5 Å². The molecule has 230 valence electrons. The van der Waals surface area contributed by atoms with Gasteiger partial charge in [0.15, 0.2) is 11.6 Å². The minimum Gasteiger partial charge on any atom is -0.467 e. The number of fused-ring (bicyclic) bond motifs is 2. The summed E-state index contributed by atoms with van der Waals surface area (Å²) in [4.78, 5) is 34.5. The van der Waals surface area contributed by atoms with Crippen molar-refractivity contribution in [2.75, 3.05) is 45.4 Å². The van der Waals surface area contributed by atoms with Crippen LogP contribution in [0.5, 0.6) is 6.01 Å². The van der Waals surface area contributed by atoms with Crippen LogP contribution in [0.15, 0.2) is 53.2 Å². The molecule has 7 rings (SSSR count). The normalized spacial score (nSPS) is 17.7. The number of halogens is 2. The number of anilines is 1. The number of likely N-dealkylation sites (tertiary alicyclic amines) is 1. The number of carbonyl (C=O) groups excluding carboxylic acids is 1. The summed E-state index contributed by atoms with van der Waals surface area (Å²) in [6.07, 6.45) is 5.21. The van der Waals surface area contributed by atoms with E-state index in [1.54, 1.807) is 23.2 Å². The van der Waals surface area contributed by atoms with Crippen LogP contribution in [0.1, 0.15) is 25.1 Å². The van der Waals surface area contributed by atoms with Crippen LogP contribution in [-0.2, 0) is 14.9 Å². The largest absolute Gasteiger partial charge is 0.467 e. The molecule has 0 bridgehead atoms. The molecule has 1 atom stereocenters. The highest BCUT2D eigenvalue weighted by Gasteiger charge is 2.40. The van der Waals surface area contributed by atoms with Crippen molar-refractivity contribution in [2.45, 2.75) is 24.8 Å². The van der Waals surface area contributed by atoms with E-state index < -0.39 is 5.82 Å². The molecule has 45 heavy (non-hydrogen) atoms. The van der Waals surface area contributed by atoms with E-state index in [4.69, 9.17) is 25.6 Å². The van der Waals surface area contributed by atoms with Crippen LogP contribution in [0, 0.1) is 5.82 Å². The van der Waals surface area contributed by atoms with Crippen molar-refractivity contribution >= 4 is 51.1 Å². The van der Waals surface area contributed by atoms with E-state index in [0.29, 0.717) is 65.7 Å². The van der Waals surface area contributed by atoms with Gasteiger partial charge in [-0.3, -0.25) is 9.78 Å². The van der Waals surface area contributed by atoms with Crippen LogP contribution in [0.25, 0.3) is 39.0 Å². The summed E-state index contributed by atoms with van der Waals surface area (Å²) in [5.41, 5.74) is 0.506. The topological polar surface area (TPSA) is 120 Å². The average molecular weight is 630 g/mol. The molecule has 2 aliphatic rings. The lowest BCUT2D eigenvalue weighted by Crippen LogP contribution is -2.44. The first-order valence-corrected chi connectivity index (χ1v) is 14.8. The number of hydrogen-bond acceptors (Lipinski definition) is 10. The van der Waals surface area contributed by atoms with Crippen molar-refractivity contribution in [3.8, 4) is 17.3 Å². The van der Waals surface area contributed by atoms with Gasteiger partial charge in [-0.15, -0.1) is 0 Å². The summed E-state index contributed by atoms with van der Waals surface area (Å²) in [6.45, 7) is 4.03. The van der Waals surface area contributed by atoms with E-state index >= 15 is 4.39 Å². The zero-order valence-corrected chi connectivity index (χ0v) is 25.6. The summed E-state index contributed by atoms with van der Waals surface area (Å²) < 4.78 is 32.2. The first kappa shape index (κ1) is 29.1. The van der Waals surface area contributed by atoms with Crippen molar-refractivity contribution < 1.29 is 23.2 Å². The molecule has 3 aromatic heterocycles. The fraction of sp³-hybridized carbons (Fsp3) is 0.312. The molecule has 0 spiro atoms. The molecule has 5 heterocycles. The summed E-state index contributed by atoms with van der Waals surface area (Å²) in [7, 11) is 3.29. The second-order valence-electron chi connectivity index (χ2n) is 11.5. The van der Waals surface area contributed by atoms with E-state index in [1.165, 1.54) is 19.3 Å². The number of hydrogen-bond donors (Lipinski definition) is 0. The van der Waals surface area contributed by atoms with Crippen LogP contribution in [0.2, 0.25) is 5.02 Å². The smallest absolute Gasteiger partial charge is 0.318 e. The molecule has 0 aliphatic carbocycles. The summed E-state index contributed by atoms with van der Waals surface area (Å²) in [5.74, 6) is 0.493. The number of benzene rings is 2. The van der Waals surface area contributed by atoms with Crippen molar-refractivity contribution in [2.24, 2.45) is 0 Å². The monoisotopic (exact) mass is 629 g/mol. The fourth-order valence-electron chi connectivity index (χ4n) is 5.83. The number of aromatic nitrogens is 5. The maximum absolute atomic E-state index is 16.3. The Kier molecular flexibility index (Phi) is 7.33. The predicted molar refractivity (Wildman–Crippen MR) is 167 cm³/mol. The van der Waals surface area contributed by atoms with Gasteiger partial charge in [0.1, 0.15) is 17.0 Å². The highest BCUT2D eigenvalue weighted by atomic mass is 35.5. The second-order valence-corrected chi connectivity index (χ2v) is 11.9. The molecular formula is C32H29ClFN7O4. The van der Waals surface area contributed by atoms with Gasteiger partial charge in [-0.1, -0.05) is 47.1 Å². The summed E-state index contributed by atoms with van der Waals surface area (Å²) >= 11 is 6.53. The average Bonchev–Trinajstić information content (AvgIpc) is 3.73. The minimum absolute atomic E-state index is 0.0199. The van der Waals surface area contributed by atoms with Crippen molar-refractivity contribution in [3.05, 3.63) is 71.2 Å². The molecule has 1 unspecified atom stereocenters. The van der Waals surface area contributed by atoms with Gasteiger partial charge < -0.3 is 23.8 Å². The van der Waals surface area contributed by atoms with Crippen molar-refractivity contribution in [3.63, 3.8) is 0 Å². The quantitative estimate of drug-likeness (QED) is 0.226. The highest BCUT2D eigenvalue weighted by Crippen LogP contribution is 2.37. The Bertz CT molecular complexity index is 1970. The van der Waals surface area contributed by atoms with Gasteiger partial charge in [-0.2, -0.15) is 15.0 Å². The Morgan fingerprint density at radius 2 is 2.00 bits per heavy atom. The third-order valence-corrected chi connectivity index (χ3v) is 8.80. The van der Waals surface area contributed by atoms with Gasteiger partial charge in [-0.25, -0.2) is 4.39 Å². The third kappa shape index (κ3) is 5.13. The molecule has 2 fully saturated rings. The van der Waals surface area contributed by atoms with E-state index in [9.17, 15) is 4.79 Å². The molecule has 2 aromatic carbocycles. The molecule has 2 saturated heterocycles. The molecule has 0 N–H and O–H groups in total. The lowest BCUT2D eigenvalue weighted by Gasteiger charge is -2.34. The lowest BCUT2D eigenvalue weighted by atomic mass is 9.88. The van der Waals surface area contributed by atoms with Crippen LogP contribution in [0.4, 0.5) is 10.2 Å². The predicted octanol–water partition coefficient (Wildman–Crippen LogP) is 5.07. The standard InChI is InChI=1S/C32H29ClFN7O4/c1-32(16-44-17-32)30-36-23(45-39-30)10-11-24(42)41-13-12-19(15-41)40(2)29-21-14-35-27(26(34)28(21)37-31(38-29)43-3)20-8-4-6-18-7-5-9-22(33)25(18)20/h4-11,14,19H,12-13,15-17H2,1-3H3/b11-10+. The zero-order chi connectivity index (χ0) is 31.3. The summed E-state index contributed by atoms with van der Waals surface area (Å²) in [6, 6.07) is 11.0. The van der Waals surface area contributed by atoms with Gasteiger partial charge in [-0.05, 0) is 24.8 Å². The maximum Gasteiger partial charge on any atom is 0.318 e. The number of amides is 1. The van der Waals surface area contributed by atoms with Crippen LogP contribution >= 0.6 is 11.6 Å². The first-order chi connectivity index (χ1) is 21.8.